The number of ether oxygens (including phenoxy) is 1. The molecule has 14 heteroatoms. The first-order chi connectivity index (χ1) is 20.8. The van der Waals surface area contributed by atoms with Crippen LogP contribution in [-0.2, 0) is 9.09 Å². The lowest BCUT2D eigenvalue weighted by Crippen LogP contribution is -2.10. The zero-order valence-electron chi connectivity index (χ0n) is 26.3. The monoisotopic (exact) mass is 619 g/mol. The number of benzene rings is 1. The van der Waals surface area contributed by atoms with Crippen molar-refractivity contribution in [2.45, 2.75) is 62.3 Å². The van der Waals surface area contributed by atoms with Crippen molar-refractivity contribution in [3.63, 3.8) is 0 Å². The van der Waals surface area contributed by atoms with E-state index in [1.54, 1.807) is 43.6 Å². The summed E-state index contributed by atoms with van der Waals surface area (Å²) in [5.74, 6) is 1.35. The highest BCUT2D eigenvalue weighted by molar-refractivity contribution is 7.49. The topological polar surface area (TPSA) is 148 Å². The van der Waals surface area contributed by atoms with E-state index in [9.17, 15) is 9.36 Å². The Balaban J connectivity index is 0.000000232. The molecule has 1 atom stereocenters. The predicted molar refractivity (Wildman–Crippen MR) is 168 cm³/mol. The van der Waals surface area contributed by atoms with Gasteiger partial charge in [-0.25, -0.2) is 29.0 Å². The summed E-state index contributed by atoms with van der Waals surface area (Å²) in [5.41, 5.74) is 5.98. The van der Waals surface area contributed by atoms with Gasteiger partial charge in [-0.1, -0.05) is 17.7 Å². The summed E-state index contributed by atoms with van der Waals surface area (Å²) < 4.78 is 26.0. The standard InChI is InChI=1S/C18H18N4O2.C10H12N4O2P.C2H6O/c1-9-7-10(2)16(11(3)8-9)24-18(23)14-15(19-6)12(4)22-17(14)20-13(5)21-22;1-5-16-17(15)9-8(11-4)6(2)14-10(9)12-7(3)13-14;1-2-3/h7-8H,1-5H3,(H,20,21);5H2,1-3H3,(H,12,13);3H,2H2,1H3/q;+1;. The van der Waals surface area contributed by atoms with Crippen LogP contribution in [0.4, 0.5) is 11.4 Å². The number of fused-ring (bicyclic) bond motifs is 2. The molecular weight excluding hydrogens is 583 g/mol. The molecule has 0 aliphatic carbocycles. The summed E-state index contributed by atoms with van der Waals surface area (Å²) in [6, 6.07) is 3.93. The van der Waals surface area contributed by atoms with Crippen molar-refractivity contribution < 1.29 is 23.7 Å². The molecule has 0 saturated carbocycles. The Kier molecular flexibility index (Phi) is 10.8. The fraction of sp³-hybridized carbons (Fsp3) is 0.367. The highest BCUT2D eigenvalue weighted by Gasteiger charge is 2.35. The first-order valence-electron chi connectivity index (χ1n) is 13.8. The van der Waals surface area contributed by atoms with E-state index in [2.05, 4.69) is 29.9 Å². The van der Waals surface area contributed by atoms with Crippen LogP contribution in [0.25, 0.3) is 21.0 Å². The van der Waals surface area contributed by atoms with Crippen molar-refractivity contribution in [2.75, 3.05) is 13.2 Å². The van der Waals surface area contributed by atoms with Gasteiger partial charge in [0.25, 0.3) is 11.0 Å². The van der Waals surface area contributed by atoms with Gasteiger partial charge in [0, 0.05) is 12.3 Å². The maximum absolute atomic E-state index is 12.8. The highest BCUT2D eigenvalue weighted by atomic mass is 31.1. The summed E-state index contributed by atoms with van der Waals surface area (Å²) in [6.07, 6.45) is 0. The molecule has 4 aromatic heterocycles. The fourth-order valence-electron chi connectivity index (χ4n) is 4.77. The SMILES string of the molecule is CCO.[C-]#[N+]c1c(C(=O)Oc2c(C)cc(C)cc2C)c2nc(C)[nH]n2c1C.[C-]#[N+]c1c([P+](=O)OCC)c2nc(C)[nH]n2c1C. The molecule has 13 nitrogen and oxygen atoms in total. The third kappa shape index (κ3) is 6.56. The Hall–Kier alpha value is -4.81. The van der Waals surface area contributed by atoms with E-state index in [4.69, 9.17) is 27.5 Å². The van der Waals surface area contributed by atoms with Gasteiger partial charge in [-0.2, -0.15) is 0 Å². The minimum Gasteiger partial charge on any atom is -0.423 e. The maximum atomic E-state index is 12.8. The van der Waals surface area contributed by atoms with Crippen LogP contribution in [0.1, 0.15) is 63.9 Å². The van der Waals surface area contributed by atoms with Crippen molar-refractivity contribution in [2.24, 2.45) is 0 Å². The molecule has 0 aliphatic rings. The third-order valence-corrected chi connectivity index (χ3v) is 7.70. The Bertz CT molecular complexity index is 1920. The van der Waals surface area contributed by atoms with E-state index in [1.807, 2.05) is 39.8 Å². The van der Waals surface area contributed by atoms with Gasteiger partial charge < -0.3 is 9.84 Å². The van der Waals surface area contributed by atoms with Crippen LogP contribution in [0.15, 0.2) is 12.1 Å². The Morgan fingerprint density at radius 1 is 0.909 bits per heavy atom. The molecule has 1 unspecified atom stereocenters. The fourth-order valence-corrected chi connectivity index (χ4v) is 5.83. The van der Waals surface area contributed by atoms with Crippen LogP contribution < -0.4 is 10.0 Å². The number of carbonyl (C=O) groups is 1. The van der Waals surface area contributed by atoms with Crippen LogP contribution in [0.5, 0.6) is 5.75 Å². The normalized spacial score (nSPS) is 10.9. The van der Waals surface area contributed by atoms with E-state index in [-0.39, 0.29) is 17.9 Å². The molecule has 0 amide bonds. The number of hydrogen-bond donors (Lipinski definition) is 3. The molecule has 0 spiro atoms. The lowest BCUT2D eigenvalue weighted by Gasteiger charge is -2.11. The summed E-state index contributed by atoms with van der Waals surface area (Å²) in [6.45, 7) is 31.6. The van der Waals surface area contributed by atoms with Crippen LogP contribution in [-0.4, -0.2) is 53.5 Å². The molecule has 0 radical (unpaired) electrons. The molecule has 0 saturated heterocycles. The Labute approximate surface area is 256 Å². The first kappa shape index (κ1) is 33.7. The van der Waals surface area contributed by atoms with Gasteiger partial charge in [-0.15, -0.1) is 4.52 Å². The molecule has 230 valence electrons. The first-order valence-corrected chi connectivity index (χ1v) is 14.9. The third-order valence-electron chi connectivity index (χ3n) is 6.43. The van der Waals surface area contributed by atoms with Crippen molar-refractivity contribution in [3.8, 4) is 5.75 Å². The number of aromatic amines is 2. The Morgan fingerprint density at radius 3 is 1.89 bits per heavy atom. The second kappa shape index (κ2) is 14.1. The molecular formula is C30H36N8O5P+. The second-order valence-electron chi connectivity index (χ2n) is 9.86. The lowest BCUT2D eigenvalue weighted by atomic mass is 10.1. The number of H-pyrrole nitrogens is 2. The van der Waals surface area contributed by atoms with Gasteiger partial charge in [0.1, 0.15) is 29.6 Å². The summed E-state index contributed by atoms with van der Waals surface area (Å²) in [4.78, 5) is 28.3. The van der Waals surface area contributed by atoms with E-state index >= 15 is 0 Å². The average molecular weight is 620 g/mol. The molecule has 1 aromatic carbocycles. The van der Waals surface area contributed by atoms with Crippen LogP contribution >= 0.6 is 8.03 Å². The number of hydrogen-bond acceptors (Lipinski definition) is 7. The second-order valence-corrected chi connectivity index (χ2v) is 11.1. The van der Waals surface area contributed by atoms with E-state index < -0.39 is 14.0 Å². The quantitative estimate of drug-likeness (QED) is 0.0917. The number of rotatable bonds is 5. The highest BCUT2D eigenvalue weighted by Crippen LogP contribution is 2.34. The maximum Gasteiger partial charge on any atom is 0.541 e. The molecule has 0 aliphatic heterocycles. The minimum atomic E-state index is -2.04. The molecule has 0 bridgehead atoms. The van der Waals surface area contributed by atoms with E-state index in [0.29, 0.717) is 57.7 Å². The number of nitrogens with zero attached hydrogens (tertiary/aromatic N) is 6. The summed E-state index contributed by atoms with van der Waals surface area (Å²) in [7, 11) is -2.04. The predicted octanol–water partition coefficient (Wildman–Crippen LogP) is 6.21. The number of aryl methyl sites for hydroxylation is 7. The van der Waals surface area contributed by atoms with Gasteiger partial charge >= 0.3 is 14.0 Å². The van der Waals surface area contributed by atoms with Gasteiger partial charge in [-0.3, -0.25) is 14.7 Å². The van der Waals surface area contributed by atoms with Crippen molar-refractivity contribution in [1.82, 2.24) is 29.2 Å². The number of aliphatic hydroxyl groups is 1. The van der Waals surface area contributed by atoms with Gasteiger partial charge in [0.2, 0.25) is 5.69 Å². The largest absolute Gasteiger partial charge is 0.541 e. The van der Waals surface area contributed by atoms with Gasteiger partial charge in [-0.05, 0) is 78.0 Å². The summed E-state index contributed by atoms with van der Waals surface area (Å²) in [5, 5.41) is 14.0. The zero-order chi connectivity index (χ0) is 32.9. The smallest absolute Gasteiger partial charge is 0.423 e. The minimum absolute atomic E-state index is 0.200. The molecule has 44 heavy (non-hydrogen) atoms. The molecule has 5 rings (SSSR count). The lowest BCUT2D eigenvalue weighted by molar-refractivity contribution is 0.0735. The molecule has 4 heterocycles. The van der Waals surface area contributed by atoms with Crippen LogP contribution in [0, 0.1) is 61.6 Å². The molecule has 0 fully saturated rings. The van der Waals surface area contributed by atoms with Crippen molar-refractivity contribution in [1.29, 1.82) is 0 Å². The van der Waals surface area contributed by atoms with Crippen molar-refractivity contribution >= 4 is 42.0 Å². The number of aromatic nitrogens is 6. The van der Waals surface area contributed by atoms with Crippen LogP contribution in [0.2, 0.25) is 0 Å². The van der Waals surface area contributed by atoms with Gasteiger partial charge in [0.15, 0.2) is 11.3 Å². The molecule has 3 N–H and O–H groups in total. The number of aliphatic hydroxyl groups excluding tert-OH is 1. The average Bonchev–Trinajstić information content (AvgIpc) is 3.66. The number of carbonyl (C=O) groups excluding carboxylic acids is 1. The number of esters is 1. The molecule has 5 aromatic rings. The van der Waals surface area contributed by atoms with Crippen LogP contribution in [0.3, 0.4) is 0 Å². The Morgan fingerprint density at radius 2 is 1.39 bits per heavy atom. The van der Waals surface area contributed by atoms with Crippen molar-refractivity contribution in [3.05, 3.63) is 80.3 Å². The zero-order valence-corrected chi connectivity index (χ0v) is 27.2. The summed E-state index contributed by atoms with van der Waals surface area (Å²) >= 11 is 0. The van der Waals surface area contributed by atoms with Gasteiger partial charge in [0.05, 0.1) is 18.8 Å². The van der Waals surface area contributed by atoms with E-state index in [0.717, 1.165) is 16.7 Å². The number of nitrogens with one attached hydrogen (secondary N) is 2. The van der Waals surface area contributed by atoms with E-state index in [1.165, 1.54) is 0 Å².